The third-order valence-corrected chi connectivity index (χ3v) is 3.67. The number of nitrogens with one attached hydrogen (secondary N) is 1. The number of carbonyl (C=O) groups excluding carboxylic acids is 1. The first-order valence-corrected chi connectivity index (χ1v) is 6.31. The summed E-state index contributed by atoms with van der Waals surface area (Å²) in [5.41, 5.74) is 0. The van der Waals surface area contributed by atoms with Gasteiger partial charge in [0.25, 0.3) is 0 Å². The summed E-state index contributed by atoms with van der Waals surface area (Å²) < 4.78 is 0. The molecule has 1 aliphatic carbocycles. The van der Waals surface area contributed by atoms with Gasteiger partial charge in [0, 0.05) is 26.1 Å². The zero-order valence-electron chi connectivity index (χ0n) is 9.67. The summed E-state index contributed by atoms with van der Waals surface area (Å²) in [5.74, 6) is 1.10. The van der Waals surface area contributed by atoms with Crippen molar-refractivity contribution >= 4 is 5.91 Å². The van der Waals surface area contributed by atoms with E-state index >= 15 is 0 Å². The van der Waals surface area contributed by atoms with Crippen LogP contribution in [0.4, 0.5) is 0 Å². The Morgan fingerprint density at radius 1 is 1.40 bits per heavy atom. The topological polar surface area (TPSA) is 32.3 Å². The van der Waals surface area contributed by atoms with Crippen LogP contribution in [0.1, 0.15) is 39.0 Å². The molecule has 0 aromatic rings. The molecule has 3 nitrogen and oxygen atoms in total. The molecule has 1 N–H and O–H groups in total. The zero-order chi connectivity index (χ0) is 10.7. The van der Waals surface area contributed by atoms with Crippen molar-refractivity contribution in [2.75, 3.05) is 19.6 Å². The van der Waals surface area contributed by atoms with Crippen LogP contribution in [-0.4, -0.2) is 36.5 Å². The highest BCUT2D eigenvalue weighted by atomic mass is 16.2. The first-order valence-electron chi connectivity index (χ1n) is 6.31. The molecule has 15 heavy (non-hydrogen) atoms. The van der Waals surface area contributed by atoms with E-state index in [9.17, 15) is 4.79 Å². The Balaban J connectivity index is 1.81. The summed E-state index contributed by atoms with van der Waals surface area (Å²) in [6, 6.07) is 0.484. The van der Waals surface area contributed by atoms with E-state index in [4.69, 9.17) is 0 Å². The second-order valence-corrected chi connectivity index (χ2v) is 4.90. The zero-order valence-corrected chi connectivity index (χ0v) is 9.67. The predicted molar refractivity (Wildman–Crippen MR) is 60.6 cm³/mol. The highest BCUT2D eigenvalue weighted by Gasteiger charge is 2.30. The normalized spacial score (nSPS) is 21.9. The van der Waals surface area contributed by atoms with E-state index in [1.165, 1.54) is 19.3 Å². The Kier molecular flexibility index (Phi) is 3.62. The Bertz CT molecular complexity index is 222. The van der Waals surface area contributed by atoms with Gasteiger partial charge >= 0.3 is 0 Å². The smallest absolute Gasteiger partial charge is 0.223 e. The maximum Gasteiger partial charge on any atom is 0.223 e. The highest BCUT2D eigenvalue weighted by molar-refractivity contribution is 5.77. The molecule has 0 spiro atoms. The molecule has 2 fully saturated rings. The minimum Gasteiger partial charge on any atom is -0.337 e. The van der Waals surface area contributed by atoms with Gasteiger partial charge in [0.2, 0.25) is 5.91 Å². The summed E-state index contributed by atoms with van der Waals surface area (Å²) in [6.45, 7) is 5.08. The predicted octanol–water partition coefficient (Wildman–Crippen LogP) is 1.39. The van der Waals surface area contributed by atoms with E-state index in [-0.39, 0.29) is 0 Å². The maximum atomic E-state index is 12.1. The van der Waals surface area contributed by atoms with Gasteiger partial charge in [0.15, 0.2) is 0 Å². The molecule has 1 amide bonds. The van der Waals surface area contributed by atoms with Crippen LogP contribution in [0.5, 0.6) is 0 Å². The van der Waals surface area contributed by atoms with Crippen LogP contribution in [0, 0.1) is 5.92 Å². The Morgan fingerprint density at radius 3 is 2.53 bits per heavy atom. The lowest BCUT2D eigenvalue weighted by Gasteiger charge is -2.39. The van der Waals surface area contributed by atoms with Gasteiger partial charge in [-0.25, -0.2) is 0 Å². The number of nitrogens with zero attached hydrogens (tertiary/aromatic N) is 1. The summed E-state index contributed by atoms with van der Waals surface area (Å²) in [7, 11) is 0. The third kappa shape index (κ3) is 2.51. The standard InChI is InChI=1S/C12H22N2O/c1-2-6-14(11-8-13-9-11)12(15)7-10-4-3-5-10/h10-11,13H,2-9H2,1H3. The van der Waals surface area contributed by atoms with E-state index in [1.54, 1.807) is 0 Å². The summed E-state index contributed by atoms with van der Waals surface area (Å²) in [4.78, 5) is 14.2. The Labute approximate surface area is 92.2 Å². The molecule has 0 aromatic carbocycles. The number of hydrogen-bond donors (Lipinski definition) is 1. The van der Waals surface area contributed by atoms with Crippen LogP contribution in [0.25, 0.3) is 0 Å². The number of amides is 1. The van der Waals surface area contributed by atoms with Crippen LogP contribution in [0.15, 0.2) is 0 Å². The molecule has 0 radical (unpaired) electrons. The van der Waals surface area contributed by atoms with E-state index in [0.717, 1.165) is 32.5 Å². The van der Waals surface area contributed by atoms with Gasteiger partial charge in [0.1, 0.15) is 0 Å². The third-order valence-electron chi connectivity index (χ3n) is 3.67. The lowest BCUT2D eigenvalue weighted by atomic mass is 9.82. The van der Waals surface area contributed by atoms with Gasteiger partial charge < -0.3 is 10.2 Å². The lowest BCUT2D eigenvalue weighted by molar-refractivity contribution is -0.136. The van der Waals surface area contributed by atoms with Gasteiger partial charge in [-0.1, -0.05) is 13.3 Å². The van der Waals surface area contributed by atoms with Crippen LogP contribution < -0.4 is 5.32 Å². The van der Waals surface area contributed by atoms with E-state index < -0.39 is 0 Å². The van der Waals surface area contributed by atoms with Crippen molar-refractivity contribution < 1.29 is 4.79 Å². The molecule has 3 heteroatoms. The highest BCUT2D eigenvalue weighted by Crippen LogP contribution is 2.30. The van der Waals surface area contributed by atoms with Crippen LogP contribution in [0.3, 0.4) is 0 Å². The number of carbonyl (C=O) groups is 1. The van der Waals surface area contributed by atoms with Crippen LogP contribution in [0.2, 0.25) is 0 Å². The van der Waals surface area contributed by atoms with Gasteiger partial charge in [-0.15, -0.1) is 0 Å². The van der Waals surface area contributed by atoms with Gasteiger partial charge in [0.05, 0.1) is 6.04 Å². The second-order valence-electron chi connectivity index (χ2n) is 4.90. The molecule has 86 valence electrons. The van der Waals surface area contributed by atoms with Gasteiger partial charge in [-0.2, -0.15) is 0 Å². The van der Waals surface area contributed by atoms with Crippen molar-refractivity contribution in [3.8, 4) is 0 Å². The first-order chi connectivity index (χ1) is 7.31. The second kappa shape index (κ2) is 4.97. The summed E-state index contributed by atoms with van der Waals surface area (Å²) >= 11 is 0. The monoisotopic (exact) mass is 210 g/mol. The molecule has 1 aliphatic heterocycles. The fourth-order valence-corrected chi connectivity index (χ4v) is 2.31. The average molecular weight is 210 g/mol. The minimum absolute atomic E-state index is 0.396. The number of rotatable bonds is 5. The molecule has 2 rings (SSSR count). The summed E-state index contributed by atoms with van der Waals surface area (Å²) in [5, 5.41) is 3.24. The van der Waals surface area contributed by atoms with Crippen molar-refractivity contribution in [3.05, 3.63) is 0 Å². The quantitative estimate of drug-likeness (QED) is 0.743. The van der Waals surface area contributed by atoms with Crippen LogP contribution in [-0.2, 0) is 4.79 Å². The maximum absolute atomic E-state index is 12.1. The van der Waals surface area contributed by atoms with Crippen molar-refractivity contribution in [2.24, 2.45) is 5.92 Å². The van der Waals surface area contributed by atoms with Crippen molar-refractivity contribution in [1.82, 2.24) is 10.2 Å². The molecule has 1 saturated carbocycles. The largest absolute Gasteiger partial charge is 0.337 e. The lowest BCUT2D eigenvalue weighted by Crippen LogP contribution is -2.59. The Morgan fingerprint density at radius 2 is 2.13 bits per heavy atom. The first kappa shape index (κ1) is 10.9. The average Bonchev–Trinajstić information content (AvgIpc) is 2.07. The molecule has 0 bridgehead atoms. The molecular formula is C12H22N2O. The molecule has 0 unspecified atom stereocenters. The van der Waals surface area contributed by atoms with Crippen molar-refractivity contribution in [2.45, 2.75) is 45.1 Å². The molecule has 0 aromatic heterocycles. The molecule has 1 saturated heterocycles. The van der Waals surface area contributed by atoms with E-state index in [0.29, 0.717) is 17.9 Å². The molecular weight excluding hydrogens is 188 g/mol. The van der Waals surface area contributed by atoms with Crippen molar-refractivity contribution in [1.29, 1.82) is 0 Å². The molecule has 1 heterocycles. The van der Waals surface area contributed by atoms with Gasteiger partial charge in [-0.3, -0.25) is 4.79 Å². The van der Waals surface area contributed by atoms with E-state index in [1.807, 2.05) is 0 Å². The van der Waals surface area contributed by atoms with Crippen LogP contribution >= 0.6 is 0 Å². The SMILES string of the molecule is CCCN(C(=O)CC1CCC1)C1CNC1. The molecule has 0 atom stereocenters. The fourth-order valence-electron chi connectivity index (χ4n) is 2.31. The van der Waals surface area contributed by atoms with E-state index in [2.05, 4.69) is 17.1 Å². The Hall–Kier alpha value is -0.570. The van der Waals surface area contributed by atoms with Crippen molar-refractivity contribution in [3.63, 3.8) is 0 Å². The minimum atomic E-state index is 0.396. The summed E-state index contributed by atoms with van der Waals surface area (Å²) in [6.07, 6.45) is 5.75. The number of hydrogen-bond acceptors (Lipinski definition) is 2. The fraction of sp³-hybridized carbons (Fsp3) is 0.917. The molecule has 2 aliphatic rings. The van der Waals surface area contributed by atoms with Gasteiger partial charge in [-0.05, 0) is 25.2 Å².